The van der Waals surface area contributed by atoms with Gasteiger partial charge in [-0.3, -0.25) is 0 Å². The van der Waals surface area contributed by atoms with Gasteiger partial charge in [0.1, 0.15) is 12.2 Å². The van der Waals surface area contributed by atoms with Crippen LogP contribution in [0.3, 0.4) is 0 Å². The molecule has 0 radical (unpaired) electrons. The summed E-state index contributed by atoms with van der Waals surface area (Å²) in [5, 5.41) is 10.0. The highest BCUT2D eigenvalue weighted by atomic mass is 32.2. The van der Waals surface area contributed by atoms with Crippen molar-refractivity contribution >= 4 is 54.9 Å². The van der Waals surface area contributed by atoms with Gasteiger partial charge >= 0.3 is 32.6 Å². The van der Waals surface area contributed by atoms with Crippen LogP contribution < -0.4 is 19.7 Å². The summed E-state index contributed by atoms with van der Waals surface area (Å²) in [6.45, 7) is 13.7. The molecule has 8 rings (SSSR count). The van der Waals surface area contributed by atoms with Crippen LogP contribution in [0.15, 0.2) is 146 Å². The second-order valence-electron chi connectivity index (χ2n) is 19.8. The zero-order valence-electron chi connectivity index (χ0n) is 41.8. The quantitative estimate of drug-likeness (QED) is 0.0627. The second-order valence-corrected chi connectivity index (χ2v) is 22.4. The molecule has 4 aromatic carbocycles. The summed E-state index contributed by atoms with van der Waals surface area (Å²) in [7, 11) is -8.39. The van der Waals surface area contributed by atoms with Gasteiger partial charge in [0.25, 0.3) is 0 Å². The van der Waals surface area contributed by atoms with Crippen molar-refractivity contribution in [3.05, 3.63) is 168 Å². The highest BCUT2D eigenvalue weighted by Crippen LogP contribution is 2.68. The molecule has 6 N–H and O–H groups in total. The lowest BCUT2D eigenvalue weighted by molar-refractivity contribution is 0.0726. The standard InChI is InChI=1S/2C29H36N2O4S/c2*1-3-4-5-8-17-24-20-25-26(35-28(32)31-36(30,33)34)18-19-29(25,21(2)22-13-9-6-10-14-22)27(24)23-15-11-7-12-16-23/h2*6-7,9-16,25-26H,2-5,8,17-20H2,1H3,(H,31,32)(H2,30,33,34)/t25?,26-,29+;25?,26-,29-/m10/s1. The van der Waals surface area contributed by atoms with Crippen LogP contribution >= 0.6 is 0 Å². The number of fused-ring (bicyclic) bond motifs is 2. The van der Waals surface area contributed by atoms with Gasteiger partial charge in [0, 0.05) is 22.7 Å². The van der Waals surface area contributed by atoms with Crippen LogP contribution in [0.25, 0.3) is 22.3 Å². The number of nitrogens with one attached hydrogen (secondary N) is 2. The predicted octanol–water partition coefficient (Wildman–Crippen LogP) is 12.4. The molecule has 14 heteroatoms. The largest absolute Gasteiger partial charge is 0.445 e. The predicted molar refractivity (Wildman–Crippen MR) is 288 cm³/mol. The van der Waals surface area contributed by atoms with E-state index >= 15 is 0 Å². The average molecular weight is 1020 g/mol. The van der Waals surface area contributed by atoms with E-state index in [1.54, 1.807) is 9.44 Å². The number of benzene rings is 4. The van der Waals surface area contributed by atoms with Crippen LogP contribution in [0.4, 0.5) is 9.59 Å². The zero-order valence-corrected chi connectivity index (χ0v) is 43.5. The summed E-state index contributed by atoms with van der Waals surface area (Å²) < 4.78 is 60.5. The Kier molecular flexibility index (Phi) is 17.9. The SMILES string of the molecule is C=C(c1ccccc1)[C@@]12CC[C@@H](OC(=O)NS(N)(=O)=O)C1CC(CCCCCC)=C2c1ccccc1.C=C(c1ccccc1)[C@@]12CC[C@H](OC(=O)NS(N)(=O)=O)C1CC(CCCCCC)=C2c1ccccc1. The summed E-state index contributed by atoms with van der Waals surface area (Å²) in [6.07, 6.45) is 12.7. The van der Waals surface area contributed by atoms with E-state index < -0.39 is 55.6 Å². The molecular weight excluding hydrogens is 945 g/mol. The van der Waals surface area contributed by atoms with Gasteiger partial charge < -0.3 is 9.47 Å². The highest BCUT2D eigenvalue weighted by molar-refractivity contribution is 7.88. The second kappa shape index (κ2) is 23.8. The Hall–Kier alpha value is -5.80. The van der Waals surface area contributed by atoms with Gasteiger partial charge in [-0.2, -0.15) is 16.8 Å². The fourth-order valence-electron chi connectivity index (χ4n) is 12.5. The molecule has 2 amide bonds. The van der Waals surface area contributed by atoms with Crippen molar-refractivity contribution in [2.75, 3.05) is 0 Å². The molecule has 0 aromatic heterocycles. The van der Waals surface area contributed by atoms with Crippen LogP contribution in [-0.4, -0.2) is 41.2 Å². The van der Waals surface area contributed by atoms with E-state index in [0.29, 0.717) is 12.8 Å². The summed E-state index contributed by atoms with van der Waals surface area (Å²) in [5.74, 6) is -0.0689. The van der Waals surface area contributed by atoms with Gasteiger partial charge in [0.05, 0.1) is 0 Å². The molecule has 2 saturated carbocycles. The lowest BCUT2D eigenvalue weighted by Crippen LogP contribution is -2.39. The molecule has 0 bridgehead atoms. The van der Waals surface area contributed by atoms with Crippen molar-refractivity contribution in [2.45, 2.75) is 129 Å². The Bertz CT molecular complexity index is 2640. The van der Waals surface area contributed by atoms with Crippen molar-refractivity contribution in [3.63, 3.8) is 0 Å². The zero-order chi connectivity index (χ0) is 51.5. The molecule has 384 valence electrons. The Morgan fingerprint density at radius 3 is 1.19 bits per heavy atom. The molecule has 4 aliphatic rings. The number of rotatable bonds is 20. The number of ether oxygens (including phenoxy) is 2. The van der Waals surface area contributed by atoms with Crippen molar-refractivity contribution < 1.29 is 35.9 Å². The van der Waals surface area contributed by atoms with Crippen LogP contribution in [0.5, 0.6) is 0 Å². The topological polar surface area (TPSA) is 197 Å². The number of carbonyl (C=O) groups is 2. The molecular formula is C58H72N4O8S2. The maximum atomic E-state index is 12.4. The number of allylic oxidation sites excluding steroid dienone is 6. The molecule has 4 aromatic rings. The van der Waals surface area contributed by atoms with E-state index in [1.807, 2.05) is 48.5 Å². The Balaban J connectivity index is 0.000000211. The number of nitrogens with two attached hydrogens (primary N) is 2. The fourth-order valence-corrected chi connectivity index (χ4v) is 13.1. The van der Waals surface area contributed by atoms with E-state index in [-0.39, 0.29) is 11.8 Å². The Morgan fingerprint density at radius 1 is 0.542 bits per heavy atom. The lowest BCUT2D eigenvalue weighted by Gasteiger charge is -2.37. The molecule has 0 spiro atoms. The van der Waals surface area contributed by atoms with Crippen LogP contribution in [0.1, 0.15) is 139 Å². The summed E-state index contributed by atoms with van der Waals surface area (Å²) in [6, 6.07) is 41.3. The number of hydrogen-bond acceptors (Lipinski definition) is 8. The monoisotopic (exact) mass is 1020 g/mol. The van der Waals surface area contributed by atoms with Crippen molar-refractivity contribution in [2.24, 2.45) is 32.9 Å². The van der Waals surface area contributed by atoms with E-state index in [1.165, 1.54) is 71.9 Å². The maximum Gasteiger partial charge on any atom is 0.422 e. The maximum absolute atomic E-state index is 12.4. The van der Waals surface area contributed by atoms with Crippen LogP contribution in [0.2, 0.25) is 0 Å². The number of unbranched alkanes of at least 4 members (excludes halogenated alkanes) is 6. The van der Waals surface area contributed by atoms with Gasteiger partial charge in [0.15, 0.2) is 0 Å². The van der Waals surface area contributed by atoms with Gasteiger partial charge in [-0.15, -0.1) is 0 Å². The van der Waals surface area contributed by atoms with E-state index in [9.17, 15) is 26.4 Å². The smallest absolute Gasteiger partial charge is 0.422 e. The first-order valence-corrected chi connectivity index (χ1v) is 28.7. The lowest BCUT2D eigenvalue weighted by atomic mass is 9.66. The van der Waals surface area contributed by atoms with Crippen molar-refractivity contribution in [1.82, 2.24) is 9.44 Å². The molecule has 0 heterocycles. The summed E-state index contributed by atoms with van der Waals surface area (Å²) >= 11 is 0. The Morgan fingerprint density at radius 2 is 0.875 bits per heavy atom. The minimum Gasteiger partial charge on any atom is -0.445 e. The minimum atomic E-state index is -4.20. The third-order valence-corrected chi connectivity index (χ3v) is 16.3. The molecule has 12 nitrogen and oxygen atoms in total. The number of carbonyl (C=O) groups excluding carboxylic acids is 2. The van der Waals surface area contributed by atoms with Gasteiger partial charge in [-0.1, -0.05) is 198 Å². The normalized spacial score (nSPS) is 23.4. The first kappa shape index (κ1) is 54.0. The molecule has 72 heavy (non-hydrogen) atoms. The third kappa shape index (κ3) is 12.3. The van der Waals surface area contributed by atoms with Crippen LogP contribution in [-0.2, 0) is 29.9 Å². The molecule has 0 aliphatic heterocycles. The number of hydrogen-bond donors (Lipinski definition) is 4. The van der Waals surface area contributed by atoms with Crippen LogP contribution in [0, 0.1) is 22.7 Å². The minimum absolute atomic E-state index is 0.0344. The third-order valence-electron chi connectivity index (χ3n) is 15.4. The highest BCUT2D eigenvalue weighted by Gasteiger charge is 2.59. The molecule has 2 fully saturated rings. The molecule has 4 aliphatic carbocycles. The van der Waals surface area contributed by atoms with E-state index in [4.69, 9.17) is 19.8 Å². The van der Waals surface area contributed by atoms with Gasteiger partial charge in [-0.25, -0.2) is 29.3 Å². The molecule has 6 atom stereocenters. The van der Waals surface area contributed by atoms with Crippen molar-refractivity contribution in [1.29, 1.82) is 0 Å². The number of amides is 2. The Labute approximate surface area is 427 Å². The van der Waals surface area contributed by atoms with Crippen molar-refractivity contribution in [3.8, 4) is 0 Å². The fraction of sp³-hybridized carbons (Fsp3) is 0.414. The van der Waals surface area contributed by atoms with E-state index in [2.05, 4.69) is 99.8 Å². The summed E-state index contributed by atoms with van der Waals surface area (Å²) in [4.78, 5) is 24.8. The first-order valence-electron chi connectivity index (χ1n) is 25.6. The molecule has 0 saturated heterocycles. The molecule has 2 unspecified atom stereocenters. The van der Waals surface area contributed by atoms with E-state index in [0.717, 1.165) is 73.6 Å². The first-order chi connectivity index (χ1) is 34.5. The van der Waals surface area contributed by atoms with Gasteiger partial charge in [-0.05, 0) is 109 Å². The average Bonchev–Trinajstić information content (AvgIpc) is 4.08. The van der Waals surface area contributed by atoms with Gasteiger partial charge in [0.2, 0.25) is 0 Å². The summed E-state index contributed by atoms with van der Waals surface area (Å²) in [5.41, 5.74) is 11.1.